The van der Waals surface area contributed by atoms with Crippen LogP contribution in [0.25, 0.3) is 32.9 Å². The largest absolute Gasteiger partial charge is 0.456 e. The number of rotatable bonds is 0. The highest BCUT2D eigenvalue weighted by molar-refractivity contribution is 6.08. The zero-order chi connectivity index (χ0) is 12.1. The molecule has 0 bridgehead atoms. The zero-order valence-corrected chi connectivity index (χ0v) is 9.21. The summed E-state index contributed by atoms with van der Waals surface area (Å²) in [7, 11) is 0. The van der Waals surface area contributed by atoms with Crippen molar-refractivity contribution >= 4 is 32.9 Å². The van der Waals surface area contributed by atoms with Crippen LogP contribution >= 0.6 is 0 Å². The van der Waals surface area contributed by atoms with Crippen LogP contribution in [0.5, 0.6) is 0 Å². The van der Waals surface area contributed by atoms with E-state index in [4.69, 9.17) is 8.83 Å². The molecule has 18 heavy (non-hydrogen) atoms. The van der Waals surface area contributed by atoms with E-state index < -0.39 is 0 Å². The number of furan rings is 1. The first-order valence-electron chi connectivity index (χ1n) is 5.51. The third-order valence-electron chi connectivity index (χ3n) is 3.01. The first-order valence-corrected chi connectivity index (χ1v) is 5.51. The molecular formula is C14H7NO3. The molecule has 4 heteroatoms. The van der Waals surface area contributed by atoms with Crippen molar-refractivity contribution in [2.75, 3.05) is 0 Å². The summed E-state index contributed by atoms with van der Waals surface area (Å²) in [4.78, 5) is 15.3. The first kappa shape index (κ1) is 9.41. The SMILES string of the molecule is O=c1ccc2cc3c(cc2o1)oc1ccncc13. The van der Waals surface area contributed by atoms with Crippen LogP contribution in [0.15, 0.2) is 56.4 Å². The van der Waals surface area contributed by atoms with Crippen LogP contribution in [-0.4, -0.2) is 4.98 Å². The molecule has 4 aromatic rings. The monoisotopic (exact) mass is 237 g/mol. The number of fused-ring (bicyclic) bond motifs is 4. The van der Waals surface area contributed by atoms with Crippen LogP contribution in [-0.2, 0) is 0 Å². The van der Waals surface area contributed by atoms with Crippen molar-refractivity contribution < 1.29 is 8.83 Å². The van der Waals surface area contributed by atoms with Crippen molar-refractivity contribution in [3.8, 4) is 0 Å². The van der Waals surface area contributed by atoms with E-state index in [1.807, 2.05) is 12.1 Å². The molecule has 4 rings (SSSR count). The standard InChI is InChI=1S/C14H7NO3/c16-14-2-1-8-5-9-10-7-15-4-3-11(10)17-13(9)6-12(8)18-14/h1-7H. The summed E-state index contributed by atoms with van der Waals surface area (Å²) in [6, 6.07) is 8.66. The summed E-state index contributed by atoms with van der Waals surface area (Å²) in [6.45, 7) is 0. The van der Waals surface area contributed by atoms with Gasteiger partial charge in [-0.05, 0) is 18.2 Å². The zero-order valence-electron chi connectivity index (χ0n) is 9.21. The Morgan fingerprint density at radius 2 is 1.83 bits per heavy atom. The summed E-state index contributed by atoms with van der Waals surface area (Å²) < 4.78 is 10.8. The molecular weight excluding hydrogens is 230 g/mol. The van der Waals surface area contributed by atoms with Crippen LogP contribution in [0.3, 0.4) is 0 Å². The predicted molar refractivity (Wildman–Crippen MR) is 67.6 cm³/mol. The molecule has 0 unspecified atom stereocenters. The van der Waals surface area contributed by atoms with Crippen molar-refractivity contribution in [3.63, 3.8) is 0 Å². The molecule has 1 aromatic carbocycles. The molecule has 3 heterocycles. The van der Waals surface area contributed by atoms with Crippen molar-refractivity contribution in [2.45, 2.75) is 0 Å². The van der Waals surface area contributed by atoms with Gasteiger partial charge in [0, 0.05) is 40.7 Å². The van der Waals surface area contributed by atoms with E-state index in [9.17, 15) is 4.79 Å². The van der Waals surface area contributed by atoms with Crippen molar-refractivity contribution in [1.82, 2.24) is 4.98 Å². The molecule has 0 spiro atoms. The predicted octanol–water partition coefficient (Wildman–Crippen LogP) is 3.09. The van der Waals surface area contributed by atoms with Gasteiger partial charge in [0.25, 0.3) is 0 Å². The quantitative estimate of drug-likeness (QED) is 0.441. The van der Waals surface area contributed by atoms with Gasteiger partial charge in [0.15, 0.2) is 0 Å². The number of nitrogens with zero attached hydrogens (tertiary/aromatic N) is 1. The Labute approximate surface area is 100 Å². The van der Waals surface area contributed by atoms with E-state index in [-0.39, 0.29) is 5.63 Å². The molecule has 0 atom stereocenters. The van der Waals surface area contributed by atoms with Crippen LogP contribution in [0.2, 0.25) is 0 Å². The van der Waals surface area contributed by atoms with Gasteiger partial charge in [-0.3, -0.25) is 4.98 Å². The van der Waals surface area contributed by atoms with Gasteiger partial charge >= 0.3 is 5.63 Å². The summed E-state index contributed by atoms with van der Waals surface area (Å²) in [5.41, 5.74) is 1.64. The maximum Gasteiger partial charge on any atom is 0.336 e. The molecule has 0 amide bonds. The van der Waals surface area contributed by atoms with Gasteiger partial charge < -0.3 is 8.83 Å². The Bertz CT molecular complexity index is 949. The fourth-order valence-electron chi connectivity index (χ4n) is 2.18. The topological polar surface area (TPSA) is 56.2 Å². The molecule has 0 radical (unpaired) electrons. The van der Waals surface area contributed by atoms with E-state index in [0.717, 1.165) is 21.7 Å². The Hall–Kier alpha value is -2.62. The van der Waals surface area contributed by atoms with Crippen molar-refractivity contribution in [2.24, 2.45) is 0 Å². The lowest BCUT2D eigenvalue weighted by Gasteiger charge is -1.95. The highest BCUT2D eigenvalue weighted by Crippen LogP contribution is 2.30. The third-order valence-corrected chi connectivity index (χ3v) is 3.01. The molecule has 0 N–H and O–H groups in total. The molecule has 0 saturated heterocycles. The lowest BCUT2D eigenvalue weighted by molar-refractivity contribution is 0.560. The summed E-state index contributed by atoms with van der Waals surface area (Å²) in [6.07, 6.45) is 3.46. The van der Waals surface area contributed by atoms with Gasteiger partial charge in [0.2, 0.25) is 0 Å². The van der Waals surface area contributed by atoms with E-state index >= 15 is 0 Å². The number of hydrogen-bond acceptors (Lipinski definition) is 4. The molecule has 3 aromatic heterocycles. The molecule has 4 nitrogen and oxygen atoms in total. The average molecular weight is 237 g/mol. The molecule has 0 fully saturated rings. The van der Waals surface area contributed by atoms with Gasteiger partial charge in [-0.2, -0.15) is 0 Å². The van der Waals surface area contributed by atoms with E-state index in [0.29, 0.717) is 11.2 Å². The number of hydrogen-bond donors (Lipinski definition) is 0. The van der Waals surface area contributed by atoms with Gasteiger partial charge in [0.1, 0.15) is 16.7 Å². The highest BCUT2D eigenvalue weighted by Gasteiger charge is 2.09. The maximum absolute atomic E-state index is 11.2. The summed E-state index contributed by atoms with van der Waals surface area (Å²) >= 11 is 0. The van der Waals surface area contributed by atoms with Gasteiger partial charge in [-0.1, -0.05) is 0 Å². The molecule has 0 aliphatic heterocycles. The lowest BCUT2D eigenvalue weighted by atomic mass is 10.1. The molecule has 0 aliphatic carbocycles. The second kappa shape index (κ2) is 3.20. The van der Waals surface area contributed by atoms with Crippen LogP contribution in [0, 0.1) is 0 Å². The Kier molecular flexibility index (Phi) is 1.67. The number of pyridine rings is 1. The van der Waals surface area contributed by atoms with Crippen molar-refractivity contribution in [3.05, 3.63) is 53.1 Å². The molecule has 0 saturated carbocycles. The second-order valence-electron chi connectivity index (χ2n) is 4.11. The van der Waals surface area contributed by atoms with Crippen LogP contribution in [0.4, 0.5) is 0 Å². The average Bonchev–Trinajstić information content (AvgIpc) is 2.73. The lowest BCUT2D eigenvalue weighted by Crippen LogP contribution is -1.93. The number of aromatic nitrogens is 1. The minimum Gasteiger partial charge on any atom is -0.456 e. The minimum atomic E-state index is -0.361. The van der Waals surface area contributed by atoms with Crippen molar-refractivity contribution in [1.29, 1.82) is 0 Å². The number of benzene rings is 1. The maximum atomic E-state index is 11.2. The highest BCUT2D eigenvalue weighted by atomic mass is 16.4. The van der Waals surface area contributed by atoms with Gasteiger partial charge in [-0.15, -0.1) is 0 Å². The minimum absolute atomic E-state index is 0.361. The molecule has 86 valence electrons. The fraction of sp³-hybridized carbons (Fsp3) is 0. The van der Waals surface area contributed by atoms with E-state index in [2.05, 4.69) is 4.98 Å². The first-order chi connectivity index (χ1) is 8.81. The van der Waals surface area contributed by atoms with Gasteiger partial charge in [-0.25, -0.2) is 4.79 Å². The smallest absolute Gasteiger partial charge is 0.336 e. The Morgan fingerprint density at radius 3 is 2.78 bits per heavy atom. The fourth-order valence-corrected chi connectivity index (χ4v) is 2.18. The molecule has 0 aliphatic rings. The summed E-state index contributed by atoms with van der Waals surface area (Å²) in [5, 5.41) is 2.80. The second-order valence-corrected chi connectivity index (χ2v) is 4.11. The Balaban J connectivity index is 2.27. The van der Waals surface area contributed by atoms with E-state index in [1.54, 1.807) is 24.5 Å². The van der Waals surface area contributed by atoms with E-state index in [1.165, 1.54) is 6.07 Å². The summed E-state index contributed by atoms with van der Waals surface area (Å²) in [5.74, 6) is 0. The Morgan fingerprint density at radius 1 is 0.889 bits per heavy atom. The van der Waals surface area contributed by atoms with Crippen LogP contribution < -0.4 is 5.63 Å². The normalized spacial score (nSPS) is 11.6. The third kappa shape index (κ3) is 1.20. The van der Waals surface area contributed by atoms with Gasteiger partial charge in [0.05, 0.1) is 0 Å². The van der Waals surface area contributed by atoms with Crippen LogP contribution in [0.1, 0.15) is 0 Å².